The van der Waals surface area contributed by atoms with Crippen molar-refractivity contribution >= 4 is 0 Å². The van der Waals surface area contributed by atoms with Crippen LogP contribution in [0.2, 0.25) is 0 Å². The fourth-order valence-electron chi connectivity index (χ4n) is 2.89. The van der Waals surface area contributed by atoms with E-state index in [9.17, 15) is 0 Å². The van der Waals surface area contributed by atoms with Gasteiger partial charge in [-0.1, -0.05) is 24.3 Å². The summed E-state index contributed by atoms with van der Waals surface area (Å²) in [5.41, 5.74) is 10.1. The molecule has 2 unspecified atom stereocenters. The highest BCUT2D eigenvalue weighted by Crippen LogP contribution is 2.36. The normalized spacial score (nSPS) is 21.6. The first kappa shape index (κ1) is 12.4. The molecule has 100 valence electrons. The van der Waals surface area contributed by atoms with Gasteiger partial charge in [0.2, 0.25) is 0 Å². The Morgan fingerprint density at radius 2 is 2.11 bits per heavy atom. The molecule has 0 saturated heterocycles. The second kappa shape index (κ2) is 5.15. The molecule has 1 aromatic heterocycles. The molecular formula is C15H20N4. The zero-order chi connectivity index (χ0) is 13.2. The fraction of sp³-hybridized carbons (Fsp3) is 0.400. The van der Waals surface area contributed by atoms with Gasteiger partial charge in [-0.25, -0.2) is 0 Å². The number of nitrogens with one attached hydrogen (secondary N) is 1. The number of benzene rings is 1. The van der Waals surface area contributed by atoms with Gasteiger partial charge >= 0.3 is 0 Å². The molecule has 0 bridgehead atoms. The van der Waals surface area contributed by atoms with Gasteiger partial charge < -0.3 is 11.1 Å². The van der Waals surface area contributed by atoms with Gasteiger partial charge in [0.05, 0.1) is 0 Å². The molecule has 4 heteroatoms. The summed E-state index contributed by atoms with van der Waals surface area (Å²) in [6.07, 6.45) is 3.82. The number of hydrogen-bond acceptors (Lipinski definition) is 3. The van der Waals surface area contributed by atoms with Gasteiger partial charge in [-0.05, 0) is 23.6 Å². The van der Waals surface area contributed by atoms with Gasteiger partial charge in [0.15, 0.2) is 0 Å². The molecule has 0 saturated carbocycles. The first-order valence-corrected chi connectivity index (χ1v) is 6.80. The van der Waals surface area contributed by atoms with Crippen molar-refractivity contribution in [3.05, 3.63) is 53.3 Å². The molecule has 0 fully saturated rings. The summed E-state index contributed by atoms with van der Waals surface area (Å²) in [5.74, 6) is 0. The maximum absolute atomic E-state index is 6.17. The Morgan fingerprint density at radius 3 is 2.84 bits per heavy atom. The molecule has 2 atom stereocenters. The first-order chi connectivity index (χ1) is 9.25. The predicted molar refractivity (Wildman–Crippen MR) is 75.6 cm³/mol. The SMILES string of the molecule is Cn1nccc1CCNC1CC(N)c2ccccc21. The number of aryl methyl sites for hydroxylation is 1. The Balaban J connectivity index is 1.61. The number of hydrogen-bond donors (Lipinski definition) is 2. The third kappa shape index (κ3) is 2.41. The zero-order valence-corrected chi connectivity index (χ0v) is 11.2. The summed E-state index contributed by atoms with van der Waals surface area (Å²) in [7, 11) is 1.98. The number of aromatic nitrogens is 2. The molecule has 1 heterocycles. The fourth-order valence-corrected chi connectivity index (χ4v) is 2.89. The minimum Gasteiger partial charge on any atom is -0.324 e. The van der Waals surface area contributed by atoms with Gasteiger partial charge in [-0.15, -0.1) is 0 Å². The molecule has 1 aromatic carbocycles. The standard InChI is InChI=1S/C15H20N4/c1-19-11(7-9-18-19)6-8-17-15-10-14(16)12-4-2-3-5-13(12)15/h2-5,7,9,14-15,17H,6,8,10,16H2,1H3. The number of fused-ring (bicyclic) bond motifs is 1. The lowest BCUT2D eigenvalue weighted by molar-refractivity contribution is 0.497. The Bertz CT molecular complexity index is 561. The van der Waals surface area contributed by atoms with Crippen molar-refractivity contribution < 1.29 is 0 Å². The molecule has 1 aliphatic rings. The van der Waals surface area contributed by atoms with E-state index in [1.54, 1.807) is 0 Å². The molecule has 0 radical (unpaired) electrons. The minimum absolute atomic E-state index is 0.172. The maximum Gasteiger partial charge on any atom is 0.0492 e. The highest BCUT2D eigenvalue weighted by molar-refractivity contribution is 5.37. The van der Waals surface area contributed by atoms with Gasteiger partial charge in [-0.2, -0.15) is 5.10 Å². The molecule has 3 N–H and O–H groups in total. The number of rotatable bonds is 4. The third-order valence-electron chi connectivity index (χ3n) is 3.95. The van der Waals surface area contributed by atoms with Crippen LogP contribution in [0, 0.1) is 0 Å². The smallest absolute Gasteiger partial charge is 0.0492 e. The lowest BCUT2D eigenvalue weighted by Gasteiger charge is -2.14. The summed E-state index contributed by atoms with van der Waals surface area (Å²) in [6.45, 7) is 0.950. The van der Waals surface area contributed by atoms with E-state index in [1.807, 2.05) is 17.9 Å². The highest BCUT2D eigenvalue weighted by Gasteiger charge is 2.27. The van der Waals surface area contributed by atoms with E-state index in [0.717, 1.165) is 19.4 Å². The molecule has 0 aliphatic heterocycles. The summed E-state index contributed by atoms with van der Waals surface area (Å²) in [6, 6.07) is 11.1. The monoisotopic (exact) mass is 256 g/mol. The van der Waals surface area contributed by atoms with E-state index in [2.05, 4.69) is 40.7 Å². The summed E-state index contributed by atoms with van der Waals surface area (Å²) < 4.78 is 1.93. The summed E-state index contributed by atoms with van der Waals surface area (Å²) in [5, 5.41) is 7.80. The quantitative estimate of drug-likeness (QED) is 0.875. The van der Waals surface area contributed by atoms with Crippen LogP contribution in [-0.2, 0) is 13.5 Å². The van der Waals surface area contributed by atoms with Crippen molar-refractivity contribution in [1.82, 2.24) is 15.1 Å². The van der Waals surface area contributed by atoms with Crippen LogP contribution in [-0.4, -0.2) is 16.3 Å². The average molecular weight is 256 g/mol. The van der Waals surface area contributed by atoms with E-state index in [0.29, 0.717) is 6.04 Å². The van der Waals surface area contributed by atoms with E-state index in [-0.39, 0.29) is 6.04 Å². The van der Waals surface area contributed by atoms with Crippen molar-refractivity contribution in [2.45, 2.75) is 24.9 Å². The van der Waals surface area contributed by atoms with Crippen molar-refractivity contribution in [3.8, 4) is 0 Å². The highest BCUT2D eigenvalue weighted by atomic mass is 15.3. The summed E-state index contributed by atoms with van der Waals surface area (Å²) >= 11 is 0. The van der Waals surface area contributed by atoms with Gasteiger partial charge in [0.1, 0.15) is 0 Å². The van der Waals surface area contributed by atoms with Crippen LogP contribution in [0.3, 0.4) is 0 Å². The topological polar surface area (TPSA) is 55.9 Å². The Hall–Kier alpha value is -1.65. The van der Waals surface area contributed by atoms with Gasteiger partial charge in [-0.3, -0.25) is 4.68 Å². The van der Waals surface area contributed by atoms with Crippen molar-refractivity contribution in [3.63, 3.8) is 0 Å². The average Bonchev–Trinajstić information content (AvgIpc) is 2.96. The van der Waals surface area contributed by atoms with Crippen molar-refractivity contribution in [2.24, 2.45) is 12.8 Å². The van der Waals surface area contributed by atoms with Crippen LogP contribution in [0.15, 0.2) is 36.5 Å². The van der Waals surface area contributed by atoms with Crippen LogP contribution in [0.4, 0.5) is 0 Å². The minimum atomic E-state index is 0.172. The summed E-state index contributed by atoms with van der Waals surface area (Å²) in [4.78, 5) is 0. The third-order valence-corrected chi connectivity index (χ3v) is 3.95. The molecule has 2 aromatic rings. The van der Waals surface area contributed by atoms with Gasteiger partial charge in [0.25, 0.3) is 0 Å². The molecule has 19 heavy (non-hydrogen) atoms. The predicted octanol–water partition coefficient (Wildman–Crippen LogP) is 1.70. The van der Waals surface area contributed by atoms with E-state index in [4.69, 9.17) is 5.73 Å². The van der Waals surface area contributed by atoms with Crippen LogP contribution in [0.25, 0.3) is 0 Å². The number of nitrogens with two attached hydrogens (primary N) is 1. The van der Waals surface area contributed by atoms with Crippen LogP contribution < -0.4 is 11.1 Å². The Morgan fingerprint density at radius 1 is 1.32 bits per heavy atom. The molecule has 0 spiro atoms. The van der Waals surface area contributed by atoms with Gasteiger partial charge in [0, 0.05) is 44.0 Å². The second-order valence-electron chi connectivity index (χ2n) is 5.17. The molecular weight excluding hydrogens is 236 g/mol. The number of nitrogens with zero attached hydrogens (tertiary/aromatic N) is 2. The van der Waals surface area contributed by atoms with E-state index < -0.39 is 0 Å². The first-order valence-electron chi connectivity index (χ1n) is 6.80. The maximum atomic E-state index is 6.17. The van der Waals surface area contributed by atoms with Crippen LogP contribution >= 0.6 is 0 Å². The lowest BCUT2D eigenvalue weighted by Crippen LogP contribution is -2.23. The van der Waals surface area contributed by atoms with Crippen LogP contribution in [0.5, 0.6) is 0 Å². The second-order valence-corrected chi connectivity index (χ2v) is 5.17. The Labute approximate surface area is 113 Å². The van der Waals surface area contributed by atoms with Crippen molar-refractivity contribution in [2.75, 3.05) is 6.54 Å². The largest absolute Gasteiger partial charge is 0.324 e. The van der Waals surface area contributed by atoms with Crippen molar-refractivity contribution in [1.29, 1.82) is 0 Å². The Kier molecular flexibility index (Phi) is 3.36. The molecule has 0 amide bonds. The lowest BCUT2D eigenvalue weighted by atomic mass is 10.1. The molecule has 3 rings (SSSR count). The van der Waals surface area contributed by atoms with E-state index in [1.165, 1.54) is 16.8 Å². The molecule has 1 aliphatic carbocycles. The zero-order valence-electron chi connectivity index (χ0n) is 11.2. The van der Waals surface area contributed by atoms with Crippen LogP contribution in [0.1, 0.15) is 35.3 Å². The van der Waals surface area contributed by atoms with E-state index >= 15 is 0 Å². The molecule has 4 nitrogen and oxygen atoms in total.